The van der Waals surface area contributed by atoms with E-state index in [1.165, 1.54) is 6.21 Å². The van der Waals surface area contributed by atoms with E-state index in [-0.39, 0.29) is 0 Å². The maximum atomic E-state index is 10.3. The summed E-state index contributed by atoms with van der Waals surface area (Å²) in [5, 5.41) is 3.60. The quantitative estimate of drug-likeness (QED) is 0.639. The van der Waals surface area contributed by atoms with Crippen molar-refractivity contribution in [3.63, 3.8) is 0 Å². The molecule has 0 aliphatic heterocycles. The van der Waals surface area contributed by atoms with E-state index in [4.69, 9.17) is 5.73 Å². The van der Waals surface area contributed by atoms with Crippen LogP contribution in [0.3, 0.4) is 0 Å². The van der Waals surface area contributed by atoms with E-state index in [0.29, 0.717) is 0 Å². The Morgan fingerprint density at radius 2 is 2.07 bits per heavy atom. The monoisotopic (exact) mass is 267 g/mol. The van der Waals surface area contributed by atoms with Crippen LogP contribution in [0.5, 0.6) is 0 Å². The predicted molar refractivity (Wildman–Crippen MR) is 64.6 cm³/mol. The first-order chi connectivity index (χ1) is 7.18. The van der Waals surface area contributed by atoms with Crippen LogP contribution >= 0.6 is 15.9 Å². The number of urea groups is 1. The van der Waals surface area contributed by atoms with E-state index in [1.54, 1.807) is 0 Å². The summed E-state index contributed by atoms with van der Waals surface area (Å²) in [5.74, 6) is 0. The molecule has 0 saturated carbocycles. The van der Waals surface area contributed by atoms with Gasteiger partial charge in [-0.25, -0.2) is 10.2 Å². The van der Waals surface area contributed by atoms with E-state index in [9.17, 15) is 4.79 Å². The van der Waals surface area contributed by atoms with Crippen LogP contribution in [-0.4, -0.2) is 12.2 Å². The average Bonchev–Trinajstić information content (AvgIpc) is 2.18. The minimum absolute atomic E-state index is 0.689. The van der Waals surface area contributed by atoms with Crippen molar-refractivity contribution in [3.05, 3.63) is 40.4 Å². The second-order valence-electron chi connectivity index (χ2n) is 2.67. The number of carbonyl (C=O) groups is 1. The number of carbonyl (C=O) groups excluding carboxylic acids is 1. The Bertz CT molecular complexity index is 387. The SMILES string of the molecule is NC(=O)N/N=C/C(Br)=C\c1ccccc1. The summed E-state index contributed by atoms with van der Waals surface area (Å²) in [5.41, 5.74) is 7.97. The lowest BCUT2D eigenvalue weighted by Crippen LogP contribution is -2.24. The highest BCUT2D eigenvalue weighted by atomic mass is 79.9. The molecule has 0 spiro atoms. The van der Waals surface area contributed by atoms with Gasteiger partial charge in [0.05, 0.1) is 6.21 Å². The lowest BCUT2D eigenvalue weighted by molar-refractivity contribution is 0.249. The third-order valence-electron chi connectivity index (χ3n) is 1.47. The molecule has 0 heterocycles. The van der Waals surface area contributed by atoms with Gasteiger partial charge in [0.2, 0.25) is 0 Å². The minimum Gasteiger partial charge on any atom is -0.350 e. The zero-order valence-corrected chi connectivity index (χ0v) is 9.44. The third-order valence-corrected chi connectivity index (χ3v) is 1.90. The number of hydrogen-bond donors (Lipinski definition) is 2. The standard InChI is InChI=1S/C10H10BrN3O/c11-9(7-13-14-10(12)15)6-8-4-2-1-3-5-8/h1-7H,(H3,12,14,15)/b9-6+,13-7+. The summed E-state index contributed by atoms with van der Waals surface area (Å²) >= 11 is 3.28. The van der Waals surface area contributed by atoms with E-state index >= 15 is 0 Å². The van der Waals surface area contributed by atoms with Gasteiger partial charge in [-0.15, -0.1) is 0 Å². The van der Waals surface area contributed by atoms with Gasteiger partial charge in [-0.3, -0.25) is 0 Å². The molecule has 0 aliphatic carbocycles. The summed E-state index contributed by atoms with van der Waals surface area (Å²) in [6.07, 6.45) is 3.32. The van der Waals surface area contributed by atoms with E-state index < -0.39 is 6.03 Å². The van der Waals surface area contributed by atoms with Crippen molar-refractivity contribution in [2.45, 2.75) is 0 Å². The minimum atomic E-state index is -0.689. The molecule has 5 heteroatoms. The largest absolute Gasteiger partial charge is 0.350 e. The molecule has 0 aliphatic rings. The summed E-state index contributed by atoms with van der Waals surface area (Å²) in [6.45, 7) is 0. The van der Waals surface area contributed by atoms with E-state index in [0.717, 1.165) is 10.0 Å². The number of hydrazone groups is 1. The number of nitrogens with zero attached hydrogens (tertiary/aromatic N) is 1. The normalized spacial score (nSPS) is 11.7. The molecule has 4 nitrogen and oxygen atoms in total. The molecule has 3 N–H and O–H groups in total. The van der Waals surface area contributed by atoms with Crippen LogP contribution in [0.25, 0.3) is 6.08 Å². The van der Waals surface area contributed by atoms with Crippen molar-refractivity contribution in [2.75, 3.05) is 0 Å². The molecule has 78 valence electrons. The van der Waals surface area contributed by atoms with Gasteiger partial charge >= 0.3 is 6.03 Å². The van der Waals surface area contributed by atoms with Crippen molar-refractivity contribution in [1.29, 1.82) is 0 Å². The van der Waals surface area contributed by atoms with Gasteiger partial charge in [0.15, 0.2) is 0 Å². The van der Waals surface area contributed by atoms with Crippen LogP contribution in [-0.2, 0) is 0 Å². The maximum absolute atomic E-state index is 10.3. The number of nitrogens with one attached hydrogen (secondary N) is 1. The van der Waals surface area contributed by atoms with Crippen LogP contribution in [0.15, 0.2) is 39.9 Å². The Morgan fingerprint density at radius 3 is 2.67 bits per heavy atom. The van der Waals surface area contributed by atoms with Crippen molar-refractivity contribution >= 4 is 34.3 Å². The highest BCUT2D eigenvalue weighted by molar-refractivity contribution is 9.12. The lowest BCUT2D eigenvalue weighted by Gasteiger charge is -1.93. The van der Waals surface area contributed by atoms with Crippen LogP contribution < -0.4 is 11.2 Å². The highest BCUT2D eigenvalue weighted by Gasteiger charge is 1.89. The fraction of sp³-hybridized carbons (Fsp3) is 0. The number of nitrogens with two attached hydrogens (primary N) is 1. The van der Waals surface area contributed by atoms with Crippen molar-refractivity contribution in [2.24, 2.45) is 10.8 Å². The van der Waals surface area contributed by atoms with Crippen LogP contribution in [0, 0.1) is 0 Å². The molecule has 15 heavy (non-hydrogen) atoms. The smallest absolute Gasteiger partial charge is 0.332 e. The Balaban J connectivity index is 2.61. The molecule has 0 fully saturated rings. The van der Waals surface area contributed by atoms with Gasteiger partial charge < -0.3 is 5.73 Å². The molecule has 0 radical (unpaired) electrons. The molecule has 1 aromatic carbocycles. The highest BCUT2D eigenvalue weighted by Crippen LogP contribution is 2.09. The van der Waals surface area contributed by atoms with Crippen LogP contribution in [0.4, 0.5) is 4.79 Å². The first kappa shape index (κ1) is 11.5. The maximum Gasteiger partial charge on any atom is 0.332 e. The van der Waals surface area contributed by atoms with E-state index in [1.807, 2.05) is 36.4 Å². The predicted octanol–water partition coefficient (Wildman–Crippen LogP) is 2.08. The Morgan fingerprint density at radius 1 is 1.40 bits per heavy atom. The fourth-order valence-corrected chi connectivity index (χ4v) is 1.27. The number of amides is 2. The molecule has 1 rings (SSSR count). The second kappa shape index (κ2) is 5.98. The van der Waals surface area contributed by atoms with Crippen LogP contribution in [0.1, 0.15) is 5.56 Å². The summed E-state index contributed by atoms with van der Waals surface area (Å²) in [6, 6.07) is 9.03. The van der Waals surface area contributed by atoms with Crippen LogP contribution in [0.2, 0.25) is 0 Å². The third kappa shape index (κ3) is 4.97. The molecule has 1 aromatic rings. The molecular formula is C10H10BrN3O. The summed E-state index contributed by atoms with van der Waals surface area (Å²) < 4.78 is 0.738. The first-order valence-corrected chi connectivity index (χ1v) is 4.98. The molecular weight excluding hydrogens is 258 g/mol. The van der Waals surface area contributed by atoms with Gasteiger partial charge in [-0.05, 0) is 27.6 Å². The first-order valence-electron chi connectivity index (χ1n) is 4.19. The Hall–Kier alpha value is -1.62. The van der Waals surface area contributed by atoms with E-state index in [2.05, 4.69) is 26.5 Å². The van der Waals surface area contributed by atoms with Crippen molar-refractivity contribution in [3.8, 4) is 0 Å². The zero-order chi connectivity index (χ0) is 11.1. The molecule has 0 atom stereocenters. The number of rotatable bonds is 3. The molecule has 0 saturated heterocycles. The summed E-state index contributed by atoms with van der Waals surface area (Å²) in [4.78, 5) is 10.3. The lowest BCUT2D eigenvalue weighted by atomic mass is 10.2. The zero-order valence-electron chi connectivity index (χ0n) is 7.85. The van der Waals surface area contributed by atoms with Gasteiger partial charge in [0, 0.05) is 4.48 Å². The van der Waals surface area contributed by atoms with Gasteiger partial charge in [0.25, 0.3) is 0 Å². The number of halogens is 1. The number of benzene rings is 1. The molecule has 0 bridgehead atoms. The Kier molecular flexibility index (Phi) is 4.56. The molecule has 0 unspecified atom stereocenters. The van der Waals surface area contributed by atoms with Gasteiger partial charge in [0.1, 0.15) is 0 Å². The number of primary amides is 1. The number of allylic oxidation sites excluding steroid dienone is 1. The number of hydrogen-bond acceptors (Lipinski definition) is 2. The van der Waals surface area contributed by atoms with Crippen molar-refractivity contribution in [1.82, 2.24) is 5.43 Å². The average molecular weight is 268 g/mol. The molecule has 0 aromatic heterocycles. The topological polar surface area (TPSA) is 67.5 Å². The fourth-order valence-electron chi connectivity index (χ4n) is 0.903. The van der Waals surface area contributed by atoms with Gasteiger partial charge in [-0.2, -0.15) is 5.10 Å². The van der Waals surface area contributed by atoms with Crippen molar-refractivity contribution < 1.29 is 4.79 Å². The summed E-state index contributed by atoms with van der Waals surface area (Å²) in [7, 11) is 0. The second-order valence-corrected chi connectivity index (χ2v) is 3.59. The molecule has 2 amide bonds. The Labute approximate surface area is 96.0 Å². The van der Waals surface area contributed by atoms with Gasteiger partial charge in [-0.1, -0.05) is 30.3 Å².